The molecule has 130 valence electrons. The number of aromatic nitrogens is 5. The number of nitrogens with one attached hydrogen (secondary N) is 1. The fraction of sp³-hybridized carbons (Fsp3) is 0.111. The molecule has 1 aromatic carbocycles. The number of pyridine rings is 1. The van der Waals surface area contributed by atoms with Crippen LogP contribution in [0.25, 0.3) is 22.3 Å². The SMILES string of the molecule is Cc1ccc(O)c(C)c1Oc1nc(-c2ccn[nH]2)cc2ncnc(N)c12. The van der Waals surface area contributed by atoms with Crippen LogP contribution in [0.1, 0.15) is 11.1 Å². The van der Waals surface area contributed by atoms with Gasteiger partial charge in [-0.15, -0.1) is 0 Å². The molecule has 0 bridgehead atoms. The molecule has 3 aromatic heterocycles. The third-order valence-electron chi connectivity index (χ3n) is 4.16. The monoisotopic (exact) mass is 348 g/mol. The van der Waals surface area contributed by atoms with Gasteiger partial charge in [-0.2, -0.15) is 5.10 Å². The van der Waals surface area contributed by atoms with E-state index in [1.165, 1.54) is 6.33 Å². The summed E-state index contributed by atoms with van der Waals surface area (Å²) in [6.07, 6.45) is 3.03. The van der Waals surface area contributed by atoms with E-state index in [9.17, 15) is 5.11 Å². The van der Waals surface area contributed by atoms with Gasteiger partial charge in [0.25, 0.3) is 0 Å². The Morgan fingerprint density at radius 2 is 2.00 bits per heavy atom. The molecular weight excluding hydrogens is 332 g/mol. The van der Waals surface area contributed by atoms with Gasteiger partial charge in [0.1, 0.15) is 29.0 Å². The number of anilines is 1. The number of aromatic amines is 1. The number of ether oxygens (including phenoxy) is 1. The normalized spacial score (nSPS) is 11.0. The number of H-pyrrole nitrogens is 1. The van der Waals surface area contributed by atoms with Crippen molar-refractivity contribution in [2.75, 3.05) is 5.73 Å². The molecule has 26 heavy (non-hydrogen) atoms. The third kappa shape index (κ3) is 2.57. The topological polar surface area (TPSA) is 123 Å². The molecule has 0 amide bonds. The van der Waals surface area contributed by atoms with Crippen LogP contribution >= 0.6 is 0 Å². The highest BCUT2D eigenvalue weighted by atomic mass is 16.5. The van der Waals surface area contributed by atoms with E-state index in [4.69, 9.17) is 10.5 Å². The highest BCUT2D eigenvalue weighted by molar-refractivity contribution is 5.94. The van der Waals surface area contributed by atoms with Gasteiger partial charge in [-0.25, -0.2) is 15.0 Å². The Labute approximate surface area is 148 Å². The first kappa shape index (κ1) is 15.8. The Morgan fingerprint density at radius 3 is 2.77 bits per heavy atom. The minimum absolute atomic E-state index is 0.142. The second-order valence-electron chi connectivity index (χ2n) is 5.89. The van der Waals surface area contributed by atoms with Crippen LogP contribution in [0.5, 0.6) is 17.4 Å². The summed E-state index contributed by atoms with van der Waals surface area (Å²) in [6, 6.07) is 6.99. The number of benzene rings is 1. The molecule has 4 N–H and O–H groups in total. The molecule has 4 aromatic rings. The Hall–Kier alpha value is -3.68. The van der Waals surface area contributed by atoms with Crippen molar-refractivity contribution in [2.45, 2.75) is 13.8 Å². The third-order valence-corrected chi connectivity index (χ3v) is 4.16. The second-order valence-corrected chi connectivity index (χ2v) is 5.89. The van der Waals surface area contributed by atoms with Crippen molar-refractivity contribution in [3.05, 3.63) is 47.9 Å². The van der Waals surface area contributed by atoms with E-state index < -0.39 is 0 Å². The van der Waals surface area contributed by atoms with Crippen molar-refractivity contribution in [2.24, 2.45) is 0 Å². The van der Waals surface area contributed by atoms with Crippen molar-refractivity contribution >= 4 is 16.7 Å². The maximum atomic E-state index is 10.0. The van der Waals surface area contributed by atoms with Gasteiger partial charge < -0.3 is 15.6 Å². The number of hydrogen-bond donors (Lipinski definition) is 3. The number of phenols is 1. The summed E-state index contributed by atoms with van der Waals surface area (Å²) < 4.78 is 6.09. The largest absolute Gasteiger partial charge is 0.508 e. The molecule has 0 saturated carbocycles. The lowest BCUT2D eigenvalue weighted by Gasteiger charge is -2.15. The minimum Gasteiger partial charge on any atom is -0.508 e. The molecule has 0 aliphatic carbocycles. The molecule has 0 radical (unpaired) electrons. The van der Waals surface area contributed by atoms with Crippen molar-refractivity contribution in [3.63, 3.8) is 0 Å². The number of aryl methyl sites for hydroxylation is 1. The summed E-state index contributed by atoms with van der Waals surface area (Å²) in [4.78, 5) is 12.9. The molecule has 0 aliphatic heterocycles. The number of phenolic OH excluding ortho intramolecular Hbond substituents is 1. The molecule has 0 atom stereocenters. The summed E-state index contributed by atoms with van der Waals surface area (Å²) in [5.74, 6) is 1.19. The average molecular weight is 348 g/mol. The van der Waals surface area contributed by atoms with Crippen LogP contribution in [-0.2, 0) is 0 Å². The summed E-state index contributed by atoms with van der Waals surface area (Å²) >= 11 is 0. The maximum Gasteiger partial charge on any atom is 0.233 e. The number of nitrogens with zero attached hydrogens (tertiary/aromatic N) is 4. The molecule has 8 nitrogen and oxygen atoms in total. The zero-order valence-electron chi connectivity index (χ0n) is 14.2. The molecule has 8 heteroatoms. The van der Waals surface area contributed by atoms with Crippen LogP contribution < -0.4 is 10.5 Å². The lowest BCUT2D eigenvalue weighted by Crippen LogP contribution is -2.01. The first-order valence-corrected chi connectivity index (χ1v) is 7.92. The van der Waals surface area contributed by atoms with E-state index in [-0.39, 0.29) is 17.4 Å². The summed E-state index contributed by atoms with van der Waals surface area (Å²) in [6.45, 7) is 3.67. The highest BCUT2D eigenvalue weighted by Gasteiger charge is 2.17. The second kappa shape index (κ2) is 5.99. The fourth-order valence-corrected chi connectivity index (χ4v) is 2.75. The fourth-order valence-electron chi connectivity index (χ4n) is 2.75. The van der Waals surface area contributed by atoms with E-state index in [0.29, 0.717) is 27.9 Å². The maximum absolute atomic E-state index is 10.0. The van der Waals surface area contributed by atoms with Crippen LogP contribution in [0.4, 0.5) is 5.82 Å². The van der Waals surface area contributed by atoms with E-state index in [1.807, 2.05) is 6.92 Å². The molecule has 0 unspecified atom stereocenters. The van der Waals surface area contributed by atoms with Gasteiger partial charge in [-0.05, 0) is 37.6 Å². The van der Waals surface area contributed by atoms with Crippen molar-refractivity contribution in [3.8, 4) is 28.8 Å². The van der Waals surface area contributed by atoms with Crippen LogP contribution in [0.15, 0.2) is 36.8 Å². The number of fused-ring (bicyclic) bond motifs is 1. The van der Waals surface area contributed by atoms with Crippen LogP contribution in [0.2, 0.25) is 0 Å². The number of nitrogen functional groups attached to an aromatic ring is 1. The van der Waals surface area contributed by atoms with E-state index in [0.717, 1.165) is 11.3 Å². The van der Waals surface area contributed by atoms with Crippen LogP contribution in [0, 0.1) is 13.8 Å². The lowest BCUT2D eigenvalue weighted by molar-refractivity contribution is 0.440. The molecule has 0 saturated heterocycles. The van der Waals surface area contributed by atoms with E-state index in [2.05, 4.69) is 25.1 Å². The molecule has 3 heterocycles. The Bertz CT molecular complexity index is 1110. The van der Waals surface area contributed by atoms with E-state index >= 15 is 0 Å². The predicted octanol–water partition coefficient (Wildman–Crippen LogP) is 3.11. The van der Waals surface area contributed by atoms with Gasteiger partial charge in [-0.1, -0.05) is 6.07 Å². The molecule has 0 spiro atoms. The molecule has 4 rings (SSSR count). The van der Waals surface area contributed by atoms with E-state index in [1.54, 1.807) is 37.4 Å². The quantitative estimate of drug-likeness (QED) is 0.520. The summed E-state index contributed by atoms with van der Waals surface area (Å²) in [7, 11) is 0. The zero-order chi connectivity index (χ0) is 18.3. The average Bonchev–Trinajstić information content (AvgIpc) is 3.16. The van der Waals surface area contributed by atoms with Crippen molar-refractivity contribution in [1.29, 1.82) is 0 Å². The first-order valence-electron chi connectivity index (χ1n) is 7.92. The van der Waals surface area contributed by atoms with Gasteiger partial charge in [-0.3, -0.25) is 5.10 Å². The Kier molecular flexibility index (Phi) is 3.65. The van der Waals surface area contributed by atoms with Gasteiger partial charge in [0, 0.05) is 11.8 Å². The Balaban J connectivity index is 1.95. The van der Waals surface area contributed by atoms with Gasteiger partial charge in [0.2, 0.25) is 5.88 Å². The molecular formula is C18H16N6O2. The number of nitrogens with two attached hydrogens (primary N) is 1. The predicted molar refractivity (Wildman–Crippen MR) is 97.0 cm³/mol. The van der Waals surface area contributed by atoms with Gasteiger partial charge in [0.05, 0.1) is 16.9 Å². The standard InChI is InChI=1S/C18H16N6O2/c1-9-3-4-14(25)10(2)16(9)26-18-15-13(20-8-21-17(15)19)7-12(23-18)11-5-6-22-24-11/h3-8,25H,1-2H3,(H,22,24)(H2,19,20,21). The number of rotatable bonds is 3. The zero-order valence-corrected chi connectivity index (χ0v) is 14.2. The minimum atomic E-state index is 0.142. The summed E-state index contributed by atoms with van der Waals surface area (Å²) in [5.41, 5.74) is 9.45. The van der Waals surface area contributed by atoms with Crippen molar-refractivity contribution < 1.29 is 9.84 Å². The molecule has 0 fully saturated rings. The Morgan fingerprint density at radius 1 is 1.15 bits per heavy atom. The van der Waals surface area contributed by atoms with Gasteiger partial charge in [0.15, 0.2) is 0 Å². The smallest absolute Gasteiger partial charge is 0.233 e. The molecule has 0 aliphatic rings. The van der Waals surface area contributed by atoms with Crippen LogP contribution in [0.3, 0.4) is 0 Å². The number of aromatic hydroxyl groups is 1. The lowest BCUT2D eigenvalue weighted by atomic mass is 10.1. The first-order chi connectivity index (χ1) is 12.5. The summed E-state index contributed by atoms with van der Waals surface area (Å²) in [5, 5.41) is 17.4. The van der Waals surface area contributed by atoms with Gasteiger partial charge >= 0.3 is 0 Å². The van der Waals surface area contributed by atoms with Crippen LogP contribution in [-0.4, -0.2) is 30.3 Å². The highest BCUT2D eigenvalue weighted by Crippen LogP contribution is 2.37. The van der Waals surface area contributed by atoms with Crippen molar-refractivity contribution in [1.82, 2.24) is 25.1 Å². The number of hydrogen-bond acceptors (Lipinski definition) is 7.